The van der Waals surface area contributed by atoms with Crippen LogP contribution in [0.4, 0.5) is 0 Å². The normalized spacial score (nSPS) is 23.6. The van der Waals surface area contributed by atoms with Crippen molar-refractivity contribution < 1.29 is 9.47 Å². The van der Waals surface area contributed by atoms with E-state index >= 15 is 0 Å². The van der Waals surface area contributed by atoms with Gasteiger partial charge in [0.05, 0.1) is 30.5 Å². The molecule has 0 N–H and O–H groups in total. The highest BCUT2D eigenvalue weighted by atomic mass is 16.5. The van der Waals surface area contributed by atoms with Gasteiger partial charge in [-0.2, -0.15) is 5.26 Å². The first-order chi connectivity index (χ1) is 8.72. The lowest BCUT2D eigenvalue weighted by Crippen LogP contribution is -2.46. The first kappa shape index (κ1) is 13.5. The lowest BCUT2D eigenvalue weighted by Gasteiger charge is -2.39. The van der Waals surface area contributed by atoms with Crippen molar-refractivity contribution in [3.8, 4) is 6.07 Å². The van der Waals surface area contributed by atoms with Gasteiger partial charge in [-0.25, -0.2) is 0 Å². The topological polar surface area (TPSA) is 45.5 Å². The molecule has 18 heavy (non-hydrogen) atoms. The van der Waals surface area contributed by atoms with Crippen LogP contribution in [0.25, 0.3) is 0 Å². The fourth-order valence-corrected chi connectivity index (χ4v) is 2.81. The molecule has 0 saturated carbocycles. The molecule has 0 unspecified atom stereocenters. The SMILES string of the molecule is CCOCCN1CCC2(CC1)OCC(C#N)=C2C. The van der Waals surface area contributed by atoms with E-state index in [4.69, 9.17) is 14.7 Å². The molecule has 0 aromatic heterocycles. The van der Waals surface area contributed by atoms with Crippen molar-refractivity contribution in [1.29, 1.82) is 5.26 Å². The second-order valence-corrected chi connectivity index (χ2v) is 5.04. The predicted molar refractivity (Wildman–Crippen MR) is 69.2 cm³/mol. The summed E-state index contributed by atoms with van der Waals surface area (Å²) in [5, 5.41) is 9.03. The molecule has 0 aliphatic carbocycles. The van der Waals surface area contributed by atoms with Crippen LogP contribution in [-0.2, 0) is 9.47 Å². The molecule has 4 nitrogen and oxygen atoms in total. The maximum Gasteiger partial charge on any atom is 0.0972 e. The Morgan fingerprint density at radius 3 is 2.72 bits per heavy atom. The Morgan fingerprint density at radius 2 is 2.17 bits per heavy atom. The molecule has 2 rings (SSSR count). The van der Waals surface area contributed by atoms with Crippen molar-refractivity contribution in [2.24, 2.45) is 0 Å². The van der Waals surface area contributed by atoms with Gasteiger partial charge < -0.3 is 14.4 Å². The van der Waals surface area contributed by atoms with Gasteiger partial charge in [-0.3, -0.25) is 0 Å². The molecule has 0 amide bonds. The van der Waals surface area contributed by atoms with Crippen LogP contribution < -0.4 is 0 Å². The minimum Gasteiger partial charge on any atom is -0.380 e. The molecule has 1 saturated heterocycles. The van der Waals surface area contributed by atoms with Crippen LogP contribution in [0.1, 0.15) is 26.7 Å². The van der Waals surface area contributed by atoms with Crippen LogP contribution >= 0.6 is 0 Å². The van der Waals surface area contributed by atoms with Gasteiger partial charge in [0.25, 0.3) is 0 Å². The second kappa shape index (κ2) is 5.83. The molecule has 2 aliphatic rings. The monoisotopic (exact) mass is 250 g/mol. The Bertz CT molecular complexity index is 362. The summed E-state index contributed by atoms with van der Waals surface area (Å²) in [7, 11) is 0. The van der Waals surface area contributed by atoms with Gasteiger partial charge in [-0.05, 0) is 32.3 Å². The lowest BCUT2D eigenvalue weighted by atomic mass is 9.84. The van der Waals surface area contributed by atoms with Gasteiger partial charge in [0.1, 0.15) is 0 Å². The first-order valence-electron chi connectivity index (χ1n) is 6.76. The Labute approximate surface area is 109 Å². The molecular weight excluding hydrogens is 228 g/mol. The van der Waals surface area contributed by atoms with Crippen LogP contribution in [0.3, 0.4) is 0 Å². The van der Waals surface area contributed by atoms with Gasteiger partial charge in [-0.1, -0.05) is 0 Å². The number of hydrogen-bond donors (Lipinski definition) is 0. The molecule has 0 bridgehead atoms. The van der Waals surface area contributed by atoms with E-state index in [2.05, 4.69) is 17.9 Å². The molecule has 2 heterocycles. The molecule has 0 aromatic carbocycles. The first-order valence-corrected chi connectivity index (χ1v) is 6.76. The molecule has 4 heteroatoms. The van der Waals surface area contributed by atoms with Crippen molar-refractivity contribution in [3.05, 3.63) is 11.1 Å². The number of nitrogens with zero attached hydrogens (tertiary/aromatic N) is 2. The summed E-state index contributed by atoms with van der Waals surface area (Å²) in [4.78, 5) is 2.42. The minimum atomic E-state index is -0.146. The highest BCUT2D eigenvalue weighted by Gasteiger charge is 2.42. The number of piperidine rings is 1. The molecule has 1 fully saturated rings. The summed E-state index contributed by atoms with van der Waals surface area (Å²) >= 11 is 0. The molecule has 0 atom stereocenters. The van der Waals surface area contributed by atoms with E-state index in [1.165, 1.54) is 0 Å². The van der Waals surface area contributed by atoms with E-state index in [1.54, 1.807) is 0 Å². The summed E-state index contributed by atoms with van der Waals surface area (Å²) in [5.74, 6) is 0. The van der Waals surface area contributed by atoms with Crippen molar-refractivity contribution >= 4 is 0 Å². The van der Waals surface area contributed by atoms with E-state index in [0.29, 0.717) is 6.61 Å². The Balaban J connectivity index is 1.87. The Morgan fingerprint density at radius 1 is 1.44 bits per heavy atom. The lowest BCUT2D eigenvalue weighted by molar-refractivity contribution is -0.0343. The quantitative estimate of drug-likeness (QED) is 0.713. The highest BCUT2D eigenvalue weighted by molar-refractivity contribution is 5.37. The van der Waals surface area contributed by atoms with Crippen LogP contribution in [0, 0.1) is 11.3 Å². The molecule has 0 aromatic rings. The third-order valence-corrected chi connectivity index (χ3v) is 4.18. The summed E-state index contributed by atoms with van der Waals surface area (Å²) in [5.41, 5.74) is 1.85. The van der Waals surface area contributed by atoms with Crippen LogP contribution in [0.2, 0.25) is 0 Å². The van der Waals surface area contributed by atoms with E-state index < -0.39 is 0 Å². The number of hydrogen-bond acceptors (Lipinski definition) is 4. The Kier molecular flexibility index (Phi) is 4.39. The zero-order chi connectivity index (χ0) is 13.0. The third kappa shape index (κ3) is 2.59. The maximum atomic E-state index is 9.03. The fraction of sp³-hybridized carbons (Fsp3) is 0.786. The van der Waals surface area contributed by atoms with E-state index in [0.717, 1.165) is 56.8 Å². The van der Waals surface area contributed by atoms with Gasteiger partial charge >= 0.3 is 0 Å². The average Bonchev–Trinajstić information content (AvgIpc) is 2.70. The van der Waals surface area contributed by atoms with Gasteiger partial charge in [-0.15, -0.1) is 0 Å². The van der Waals surface area contributed by atoms with Crippen molar-refractivity contribution in [3.63, 3.8) is 0 Å². The number of rotatable bonds is 4. The number of ether oxygens (including phenoxy) is 2. The number of likely N-dealkylation sites (tertiary alicyclic amines) is 1. The fourth-order valence-electron chi connectivity index (χ4n) is 2.81. The zero-order valence-electron chi connectivity index (χ0n) is 11.4. The van der Waals surface area contributed by atoms with Gasteiger partial charge in [0.2, 0.25) is 0 Å². The van der Waals surface area contributed by atoms with E-state index in [9.17, 15) is 0 Å². The molecular formula is C14H22N2O2. The predicted octanol–water partition coefficient (Wildman–Crippen LogP) is 1.73. The van der Waals surface area contributed by atoms with Crippen LogP contribution in [0.15, 0.2) is 11.1 Å². The van der Waals surface area contributed by atoms with Crippen LogP contribution in [-0.4, -0.2) is 50.0 Å². The van der Waals surface area contributed by atoms with Gasteiger partial charge in [0.15, 0.2) is 0 Å². The van der Waals surface area contributed by atoms with Crippen molar-refractivity contribution in [2.45, 2.75) is 32.3 Å². The Hall–Kier alpha value is -0.890. The smallest absolute Gasteiger partial charge is 0.0972 e. The zero-order valence-corrected chi connectivity index (χ0v) is 11.4. The van der Waals surface area contributed by atoms with E-state index in [-0.39, 0.29) is 5.60 Å². The molecule has 1 spiro atoms. The van der Waals surface area contributed by atoms with Gasteiger partial charge in [0, 0.05) is 26.2 Å². The number of nitriles is 1. The van der Waals surface area contributed by atoms with Crippen molar-refractivity contribution in [1.82, 2.24) is 4.90 Å². The van der Waals surface area contributed by atoms with Crippen LogP contribution in [0.5, 0.6) is 0 Å². The summed E-state index contributed by atoms with van der Waals surface area (Å²) in [6.07, 6.45) is 1.99. The summed E-state index contributed by atoms with van der Waals surface area (Å²) in [6.45, 7) is 9.23. The minimum absolute atomic E-state index is 0.146. The largest absolute Gasteiger partial charge is 0.380 e. The average molecular weight is 250 g/mol. The molecule has 0 radical (unpaired) electrons. The summed E-state index contributed by atoms with van der Waals surface area (Å²) in [6, 6.07) is 2.26. The second-order valence-electron chi connectivity index (χ2n) is 5.04. The standard InChI is InChI=1S/C14H22N2O2/c1-3-17-9-8-16-6-4-14(5-7-16)12(2)13(10-15)11-18-14/h3-9,11H2,1-2H3. The van der Waals surface area contributed by atoms with Crippen molar-refractivity contribution in [2.75, 3.05) is 39.5 Å². The third-order valence-electron chi connectivity index (χ3n) is 4.18. The molecule has 2 aliphatic heterocycles. The molecule has 100 valence electrons. The summed E-state index contributed by atoms with van der Waals surface area (Å²) < 4.78 is 11.3. The maximum absolute atomic E-state index is 9.03. The highest BCUT2D eigenvalue weighted by Crippen LogP contribution is 2.39. The van der Waals surface area contributed by atoms with E-state index in [1.807, 2.05) is 6.92 Å².